The first kappa shape index (κ1) is 10.4. The van der Waals surface area contributed by atoms with E-state index in [2.05, 4.69) is 20.5 Å². The molecule has 0 bridgehead atoms. The van der Waals surface area contributed by atoms with Crippen molar-refractivity contribution in [3.63, 3.8) is 0 Å². The van der Waals surface area contributed by atoms with Crippen LogP contribution in [0.15, 0.2) is 30.6 Å². The molecule has 2 rings (SSSR count). The van der Waals surface area contributed by atoms with Gasteiger partial charge in [-0.2, -0.15) is 0 Å². The van der Waals surface area contributed by atoms with Gasteiger partial charge in [0.25, 0.3) is 5.91 Å². The number of H-pyrrole nitrogens is 1. The van der Waals surface area contributed by atoms with Gasteiger partial charge in [-0.3, -0.25) is 9.89 Å². The van der Waals surface area contributed by atoms with Crippen LogP contribution < -0.4 is 5.32 Å². The zero-order valence-corrected chi connectivity index (χ0v) is 8.90. The molecular weight excluding hydrogens is 204 g/mol. The van der Waals surface area contributed by atoms with Crippen LogP contribution >= 0.6 is 0 Å². The number of nitrogens with one attached hydrogen (secondary N) is 2. The maximum absolute atomic E-state index is 11.5. The number of aromatic amines is 1. The van der Waals surface area contributed by atoms with Gasteiger partial charge in [0, 0.05) is 6.54 Å². The van der Waals surface area contributed by atoms with Crippen LogP contribution in [-0.2, 0) is 6.54 Å². The predicted molar refractivity (Wildman–Crippen MR) is 58.7 cm³/mol. The van der Waals surface area contributed by atoms with Gasteiger partial charge in [-0.1, -0.05) is 29.8 Å². The molecule has 0 atom stereocenters. The first-order chi connectivity index (χ1) is 7.75. The minimum Gasteiger partial charge on any atom is -0.345 e. The van der Waals surface area contributed by atoms with Crippen molar-refractivity contribution in [1.82, 2.24) is 20.5 Å². The number of hydrogen-bond acceptors (Lipinski definition) is 3. The van der Waals surface area contributed by atoms with Crippen molar-refractivity contribution >= 4 is 5.91 Å². The topological polar surface area (TPSA) is 70.7 Å². The van der Waals surface area contributed by atoms with E-state index >= 15 is 0 Å². The molecule has 0 unspecified atom stereocenters. The molecule has 5 heteroatoms. The SMILES string of the molecule is Cc1cccc(CNC(=O)c2nc[nH]n2)c1. The van der Waals surface area contributed by atoms with Crippen LogP contribution in [0.25, 0.3) is 0 Å². The number of aryl methyl sites for hydroxylation is 1. The third kappa shape index (κ3) is 2.44. The summed E-state index contributed by atoms with van der Waals surface area (Å²) in [5.41, 5.74) is 2.23. The van der Waals surface area contributed by atoms with Gasteiger partial charge in [0.05, 0.1) is 0 Å². The molecule has 2 N–H and O–H groups in total. The Kier molecular flexibility index (Phi) is 2.95. The van der Waals surface area contributed by atoms with Crippen LogP contribution in [0.5, 0.6) is 0 Å². The number of benzene rings is 1. The van der Waals surface area contributed by atoms with Crippen molar-refractivity contribution in [2.45, 2.75) is 13.5 Å². The molecule has 2 aromatic rings. The Morgan fingerprint density at radius 2 is 2.38 bits per heavy atom. The Morgan fingerprint density at radius 1 is 1.50 bits per heavy atom. The lowest BCUT2D eigenvalue weighted by Gasteiger charge is -2.03. The predicted octanol–water partition coefficient (Wildman–Crippen LogP) is 1.04. The van der Waals surface area contributed by atoms with Gasteiger partial charge >= 0.3 is 0 Å². The molecular formula is C11H12N4O. The summed E-state index contributed by atoms with van der Waals surface area (Å²) in [6, 6.07) is 7.97. The van der Waals surface area contributed by atoms with E-state index in [4.69, 9.17) is 0 Å². The molecule has 0 spiro atoms. The normalized spacial score (nSPS) is 10.1. The number of nitrogens with zero attached hydrogens (tertiary/aromatic N) is 2. The van der Waals surface area contributed by atoms with Crippen molar-refractivity contribution < 1.29 is 4.79 Å². The standard InChI is InChI=1S/C11H12N4O/c1-8-3-2-4-9(5-8)6-12-11(16)10-13-7-14-15-10/h2-5,7H,6H2,1H3,(H,12,16)(H,13,14,15). The first-order valence-electron chi connectivity index (χ1n) is 4.95. The fourth-order valence-electron chi connectivity index (χ4n) is 1.40. The Labute approximate surface area is 92.9 Å². The van der Waals surface area contributed by atoms with E-state index < -0.39 is 0 Å². The van der Waals surface area contributed by atoms with Gasteiger partial charge in [0.1, 0.15) is 6.33 Å². The lowest BCUT2D eigenvalue weighted by atomic mass is 10.1. The summed E-state index contributed by atoms with van der Waals surface area (Å²) in [5, 5.41) is 8.94. The molecule has 1 heterocycles. The fourth-order valence-corrected chi connectivity index (χ4v) is 1.40. The number of carbonyl (C=O) groups is 1. The summed E-state index contributed by atoms with van der Waals surface area (Å²) < 4.78 is 0. The Bertz CT molecular complexity index is 478. The molecule has 16 heavy (non-hydrogen) atoms. The number of amides is 1. The number of hydrogen-bond donors (Lipinski definition) is 2. The molecule has 82 valence electrons. The number of rotatable bonds is 3. The Hall–Kier alpha value is -2.17. The van der Waals surface area contributed by atoms with E-state index in [0.29, 0.717) is 6.54 Å². The van der Waals surface area contributed by atoms with Gasteiger partial charge < -0.3 is 5.32 Å². The summed E-state index contributed by atoms with van der Waals surface area (Å²) in [6.07, 6.45) is 1.38. The molecule has 1 aromatic heterocycles. The minimum atomic E-state index is -0.275. The van der Waals surface area contributed by atoms with E-state index in [1.165, 1.54) is 11.9 Å². The molecule has 0 aliphatic carbocycles. The molecule has 5 nitrogen and oxygen atoms in total. The third-order valence-electron chi connectivity index (χ3n) is 2.15. The summed E-state index contributed by atoms with van der Waals surface area (Å²) in [5.74, 6) is -0.115. The maximum Gasteiger partial charge on any atom is 0.291 e. The summed E-state index contributed by atoms with van der Waals surface area (Å²) in [7, 11) is 0. The second kappa shape index (κ2) is 4.57. The maximum atomic E-state index is 11.5. The molecule has 0 fully saturated rings. The summed E-state index contributed by atoms with van der Waals surface area (Å²) in [6.45, 7) is 2.50. The van der Waals surface area contributed by atoms with Crippen LogP contribution in [-0.4, -0.2) is 21.1 Å². The average molecular weight is 216 g/mol. The minimum absolute atomic E-state index is 0.160. The lowest BCUT2D eigenvalue weighted by Crippen LogP contribution is -2.23. The molecule has 0 saturated heterocycles. The highest BCUT2D eigenvalue weighted by Crippen LogP contribution is 2.03. The first-order valence-corrected chi connectivity index (χ1v) is 4.95. The van der Waals surface area contributed by atoms with E-state index in [9.17, 15) is 4.79 Å². The summed E-state index contributed by atoms with van der Waals surface area (Å²) in [4.78, 5) is 15.3. The Balaban J connectivity index is 1.95. The van der Waals surface area contributed by atoms with Crippen molar-refractivity contribution in [1.29, 1.82) is 0 Å². The average Bonchev–Trinajstić information content (AvgIpc) is 2.79. The van der Waals surface area contributed by atoms with Gasteiger partial charge in [-0.25, -0.2) is 4.98 Å². The van der Waals surface area contributed by atoms with Crippen molar-refractivity contribution in [2.24, 2.45) is 0 Å². The highest BCUT2D eigenvalue weighted by Gasteiger charge is 2.08. The monoisotopic (exact) mass is 216 g/mol. The smallest absolute Gasteiger partial charge is 0.291 e. The van der Waals surface area contributed by atoms with Crippen molar-refractivity contribution in [3.05, 3.63) is 47.5 Å². The van der Waals surface area contributed by atoms with Crippen LogP contribution in [0, 0.1) is 6.92 Å². The largest absolute Gasteiger partial charge is 0.345 e. The second-order valence-electron chi connectivity index (χ2n) is 3.49. The second-order valence-corrected chi connectivity index (χ2v) is 3.49. The Morgan fingerprint density at radius 3 is 3.06 bits per heavy atom. The van der Waals surface area contributed by atoms with E-state index in [1.54, 1.807) is 0 Å². The van der Waals surface area contributed by atoms with Crippen LogP contribution in [0.3, 0.4) is 0 Å². The molecule has 0 aliphatic rings. The molecule has 1 aromatic carbocycles. The van der Waals surface area contributed by atoms with Gasteiger partial charge in [-0.15, -0.1) is 5.10 Å². The number of carbonyl (C=O) groups excluding carboxylic acids is 1. The third-order valence-corrected chi connectivity index (χ3v) is 2.15. The van der Waals surface area contributed by atoms with Gasteiger partial charge in [-0.05, 0) is 12.5 Å². The molecule has 0 saturated carbocycles. The van der Waals surface area contributed by atoms with Crippen LogP contribution in [0.1, 0.15) is 21.7 Å². The zero-order valence-electron chi connectivity index (χ0n) is 8.90. The quantitative estimate of drug-likeness (QED) is 0.805. The van der Waals surface area contributed by atoms with E-state index in [-0.39, 0.29) is 11.7 Å². The summed E-state index contributed by atoms with van der Waals surface area (Å²) >= 11 is 0. The van der Waals surface area contributed by atoms with E-state index in [0.717, 1.165) is 5.56 Å². The van der Waals surface area contributed by atoms with Gasteiger partial charge in [0.2, 0.25) is 5.82 Å². The van der Waals surface area contributed by atoms with Crippen molar-refractivity contribution in [2.75, 3.05) is 0 Å². The van der Waals surface area contributed by atoms with Gasteiger partial charge in [0.15, 0.2) is 0 Å². The van der Waals surface area contributed by atoms with Crippen molar-refractivity contribution in [3.8, 4) is 0 Å². The highest BCUT2D eigenvalue weighted by atomic mass is 16.2. The number of aromatic nitrogens is 3. The zero-order chi connectivity index (χ0) is 11.4. The van der Waals surface area contributed by atoms with Crippen LogP contribution in [0.4, 0.5) is 0 Å². The van der Waals surface area contributed by atoms with E-state index in [1.807, 2.05) is 31.2 Å². The fraction of sp³-hybridized carbons (Fsp3) is 0.182. The molecule has 0 aliphatic heterocycles. The molecule has 1 amide bonds. The highest BCUT2D eigenvalue weighted by molar-refractivity contribution is 5.90. The lowest BCUT2D eigenvalue weighted by molar-refractivity contribution is 0.0941. The van der Waals surface area contributed by atoms with Crippen LogP contribution in [0.2, 0.25) is 0 Å². The molecule has 0 radical (unpaired) electrons.